The van der Waals surface area contributed by atoms with E-state index in [2.05, 4.69) is 25.4 Å². The van der Waals surface area contributed by atoms with Crippen LogP contribution in [0, 0.1) is 6.92 Å². The lowest BCUT2D eigenvalue weighted by molar-refractivity contribution is 0.251. The first kappa shape index (κ1) is 19.0. The van der Waals surface area contributed by atoms with E-state index in [1.165, 1.54) is 19.3 Å². The summed E-state index contributed by atoms with van der Waals surface area (Å²) in [7, 11) is 4.02. The number of anilines is 3. The van der Waals surface area contributed by atoms with E-state index in [1.54, 1.807) is 0 Å². The van der Waals surface area contributed by atoms with E-state index in [4.69, 9.17) is 0 Å². The van der Waals surface area contributed by atoms with Crippen molar-refractivity contribution in [3.8, 4) is 0 Å². The summed E-state index contributed by atoms with van der Waals surface area (Å²) in [4.78, 5) is 21.3. The maximum Gasteiger partial charge on any atom is 0.319 e. The van der Waals surface area contributed by atoms with Crippen molar-refractivity contribution in [3.63, 3.8) is 0 Å². The molecule has 1 saturated heterocycles. The third-order valence-corrected chi connectivity index (χ3v) is 4.90. The van der Waals surface area contributed by atoms with E-state index < -0.39 is 0 Å². The lowest BCUT2D eigenvalue weighted by Crippen LogP contribution is -2.33. The van der Waals surface area contributed by atoms with E-state index in [0.717, 1.165) is 41.4 Å². The highest BCUT2D eigenvalue weighted by molar-refractivity contribution is 5.89. The number of rotatable bonds is 5. The fraction of sp³-hybridized carbons (Fsp3) is 0.429. The van der Waals surface area contributed by atoms with Crippen molar-refractivity contribution in [3.05, 3.63) is 47.7 Å². The van der Waals surface area contributed by atoms with E-state index in [9.17, 15) is 4.79 Å². The summed E-state index contributed by atoms with van der Waals surface area (Å²) in [5.41, 5.74) is 4.10. The molecule has 2 aromatic rings. The van der Waals surface area contributed by atoms with Gasteiger partial charge in [-0.25, -0.2) is 9.78 Å². The number of carbonyl (C=O) groups is 1. The molecule has 2 amide bonds. The summed E-state index contributed by atoms with van der Waals surface area (Å²) in [6.07, 6.45) is 5.51. The Morgan fingerprint density at radius 3 is 2.67 bits per heavy atom. The number of pyridine rings is 1. The van der Waals surface area contributed by atoms with Gasteiger partial charge in [-0.05, 0) is 56.0 Å². The Bertz CT molecular complexity index is 784. The number of piperidine rings is 1. The van der Waals surface area contributed by atoms with Crippen molar-refractivity contribution < 1.29 is 4.79 Å². The van der Waals surface area contributed by atoms with Crippen molar-refractivity contribution in [2.75, 3.05) is 42.3 Å². The highest BCUT2D eigenvalue weighted by Gasteiger charge is 2.16. The van der Waals surface area contributed by atoms with Crippen LogP contribution in [0.25, 0.3) is 0 Å². The van der Waals surface area contributed by atoms with Crippen LogP contribution in [0.15, 0.2) is 36.5 Å². The van der Waals surface area contributed by atoms with E-state index >= 15 is 0 Å². The highest BCUT2D eigenvalue weighted by atomic mass is 16.2. The van der Waals surface area contributed by atoms with Gasteiger partial charge in [0.15, 0.2) is 0 Å². The molecule has 0 bridgehead atoms. The molecule has 6 heteroatoms. The third-order valence-electron chi connectivity index (χ3n) is 4.90. The van der Waals surface area contributed by atoms with Gasteiger partial charge in [0.1, 0.15) is 5.82 Å². The molecule has 27 heavy (non-hydrogen) atoms. The van der Waals surface area contributed by atoms with Crippen molar-refractivity contribution >= 4 is 23.2 Å². The lowest BCUT2D eigenvalue weighted by atomic mass is 10.1. The number of aromatic nitrogens is 1. The molecule has 1 aliphatic heterocycles. The fourth-order valence-electron chi connectivity index (χ4n) is 3.54. The van der Waals surface area contributed by atoms with Gasteiger partial charge in [0.05, 0.1) is 0 Å². The van der Waals surface area contributed by atoms with Gasteiger partial charge in [0.2, 0.25) is 0 Å². The number of benzene rings is 1. The van der Waals surface area contributed by atoms with Gasteiger partial charge >= 0.3 is 6.03 Å². The van der Waals surface area contributed by atoms with Crippen LogP contribution >= 0.6 is 0 Å². The molecule has 0 atom stereocenters. The molecule has 0 spiro atoms. The largest absolute Gasteiger partial charge is 0.377 e. The van der Waals surface area contributed by atoms with Crippen LogP contribution < -0.4 is 20.4 Å². The van der Waals surface area contributed by atoms with Gasteiger partial charge in [0, 0.05) is 56.9 Å². The summed E-state index contributed by atoms with van der Waals surface area (Å²) in [6, 6.07) is 9.67. The summed E-state index contributed by atoms with van der Waals surface area (Å²) in [5, 5.41) is 5.87. The first-order valence-corrected chi connectivity index (χ1v) is 9.56. The Balaban J connectivity index is 1.60. The van der Waals surface area contributed by atoms with Crippen molar-refractivity contribution in [1.29, 1.82) is 0 Å². The Hall–Kier alpha value is -2.76. The molecule has 3 rings (SSSR count). The number of urea groups is 1. The third kappa shape index (κ3) is 4.90. The molecule has 1 fully saturated rings. The Morgan fingerprint density at radius 2 is 1.96 bits per heavy atom. The average molecular weight is 367 g/mol. The van der Waals surface area contributed by atoms with Crippen LogP contribution in [0.5, 0.6) is 0 Å². The fourth-order valence-corrected chi connectivity index (χ4v) is 3.54. The second kappa shape index (κ2) is 8.75. The van der Waals surface area contributed by atoms with E-state index in [0.29, 0.717) is 6.54 Å². The topological polar surface area (TPSA) is 60.5 Å². The molecule has 1 aliphatic rings. The van der Waals surface area contributed by atoms with Gasteiger partial charge in [-0.3, -0.25) is 0 Å². The van der Waals surface area contributed by atoms with Gasteiger partial charge in [-0.15, -0.1) is 0 Å². The summed E-state index contributed by atoms with van der Waals surface area (Å²) in [6.45, 7) is 4.57. The Kier molecular flexibility index (Phi) is 6.16. The van der Waals surface area contributed by atoms with E-state index in [-0.39, 0.29) is 6.03 Å². The maximum absolute atomic E-state index is 12.3. The molecule has 0 aliphatic carbocycles. The number of aryl methyl sites for hydroxylation is 1. The lowest BCUT2D eigenvalue weighted by Gasteiger charge is -2.29. The van der Waals surface area contributed by atoms with Gasteiger partial charge < -0.3 is 20.4 Å². The predicted molar refractivity (Wildman–Crippen MR) is 112 cm³/mol. The first-order valence-electron chi connectivity index (χ1n) is 9.56. The minimum atomic E-state index is -0.208. The zero-order valence-corrected chi connectivity index (χ0v) is 16.5. The normalized spacial score (nSPS) is 14.0. The van der Waals surface area contributed by atoms with Gasteiger partial charge in [0.25, 0.3) is 0 Å². The van der Waals surface area contributed by atoms with Crippen LogP contribution in [-0.4, -0.2) is 38.2 Å². The monoisotopic (exact) mass is 367 g/mol. The smallest absolute Gasteiger partial charge is 0.319 e. The molecule has 1 aromatic carbocycles. The molecule has 0 radical (unpaired) electrons. The number of nitrogens with zero attached hydrogens (tertiary/aromatic N) is 3. The second-order valence-electron chi connectivity index (χ2n) is 7.24. The molecular formula is C21H29N5O. The first-order chi connectivity index (χ1) is 13.0. The zero-order valence-electron chi connectivity index (χ0n) is 16.5. The molecule has 1 aromatic heterocycles. The van der Waals surface area contributed by atoms with Crippen molar-refractivity contribution in [2.45, 2.75) is 32.7 Å². The number of carbonyl (C=O) groups excluding carboxylic acids is 1. The average Bonchev–Trinajstić information content (AvgIpc) is 2.67. The number of hydrogen-bond acceptors (Lipinski definition) is 4. The van der Waals surface area contributed by atoms with Crippen molar-refractivity contribution in [1.82, 2.24) is 10.3 Å². The highest BCUT2D eigenvalue weighted by Crippen LogP contribution is 2.23. The van der Waals surface area contributed by atoms with Gasteiger partial charge in [-0.2, -0.15) is 0 Å². The van der Waals surface area contributed by atoms with E-state index in [1.807, 2.05) is 57.5 Å². The molecule has 6 nitrogen and oxygen atoms in total. The van der Waals surface area contributed by atoms with Crippen LogP contribution in [0.1, 0.15) is 30.4 Å². The van der Waals surface area contributed by atoms with Gasteiger partial charge in [-0.1, -0.05) is 6.07 Å². The zero-order chi connectivity index (χ0) is 19.2. The SMILES string of the molecule is Cc1cc(NC(=O)NCc2cccnc2N2CCCCC2)ccc1N(C)C. The maximum atomic E-state index is 12.3. The quantitative estimate of drug-likeness (QED) is 0.845. The Morgan fingerprint density at radius 1 is 1.19 bits per heavy atom. The minimum Gasteiger partial charge on any atom is -0.377 e. The Labute approximate surface area is 161 Å². The van der Waals surface area contributed by atoms with Crippen LogP contribution in [0.4, 0.5) is 22.0 Å². The molecule has 144 valence electrons. The molecule has 0 saturated carbocycles. The molecule has 0 unspecified atom stereocenters. The summed E-state index contributed by atoms with van der Waals surface area (Å²) < 4.78 is 0. The minimum absolute atomic E-state index is 0.208. The molecule has 2 N–H and O–H groups in total. The number of nitrogens with one attached hydrogen (secondary N) is 2. The van der Waals surface area contributed by atoms with Crippen LogP contribution in [0.3, 0.4) is 0 Å². The predicted octanol–water partition coefficient (Wildman–Crippen LogP) is 3.77. The second-order valence-corrected chi connectivity index (χ2v) is 7.24. The van der Waals surface area contributed by atoms with Crippen LogP contribution in [-0.2, 0) is 6.54 Å². The van der Waals surface area contributed by atoms with Crippen molar-refractivity contribution in [2.24, 2.45) is 0 Å². The molecule has 2 heterocycles. The molecular weight excluding hydrogens is 338 g/mol. The number of hydrogen-bond donors (Lipinski definition) is 2. The standard InChI is InChI=1S/C21H29N5O/c1-16-14-18(9-10-19(16)25(2)3)24-21(27)23-15-17-8-7-11-22-20(17)26-12-5-4-6-13-26/h7-11,14H,4-6,12-13,15H2,1-3H3,(H2,23,24,27). The summed E-state index contributed by atoms with van der Waals surface area (Å²) in [5.74, 6) is 0.990. The number of amides is 2. The summed E-state index contributed by atoms with van der Waals surface area (Å²) >= 11 is 0. The van der Waals surface area contributed by atoms with Crippen LogP contribution in [0.2, 0.25) is 0 Å².